The normalized spacial score (nSPS) is 16.3. The standard InChI is InChI=1S/C32H46O2Si/c1-11-32(12-2,27-16-17-28(24(4)22-27)34-35(9,10)30(5,6)7)26-15-13-25(23(3)21-26)14-18-29(33)31(8)19-20-31/h13,15-17,21-22,29,33H,11-12,19-20H2,1-10H3. The molecule has 2 aromatic carbocycles. The summed E-state index contributed by atoms with van der Waals surface area (Å²) in [5, 5.41) is 10.6. The summed E-state index contributed by atoms with van der Waals surface area (Å²) in [6.07, 6.45) is 3.63. The van der Waals surface area contributed by atoms with Gasteiger partial charge in [-0.2, -0.15) is 0 Å². The molecule has 3 rings (SSSR count). The summed E-state index contributed by atoms with van der Waals surface area (Å²) in [6, 6.07) is 13.5. The average molecular weight is 491 g/mol. The molecule has 35 heavy (non-hydrogen) atoms. The highest BCUT2D eigenvalue weighted by Gasteiger charge is 2.43. The highest BCUT2D eigenvalue weighted by atomic mass is 28.4. The number of benzene rings is 2. The first kappa shape index (κ1) is 27.6. The second-order valence-corrected chi connectivity index (χ2v) is 17.2. The van der Waals surface area contributed by atoms with Crippen molar-refractivity contribution >= 4 is 8.32 Å². The van der Waals surface area contributed by atoms with E-state index in [2.05, 4.69) is 117 Å². The summed E-state index contributed by atoms with van der Waals surface area (Å²) in [4.78, 5) is 0. The van der Waals surface area contributed by atoms with Crippen molar-refractivity contribution in [3.8, 4) is 17.6 Å². The van der Waals surface area contributed by atoms with Gasteiger partial charge in [-0.3, -0.25) is 0 Å². The highest BCUT2D eigenvalue weighted by molar-refractivity contribution is 6.74. The van der Waals surface area contributed by atoms with Crippen LogP contribution in [0.5, 0.6) is 5.75 Å². The van der Waals surface area contributed by atoms with Crippen LogP contribution in [-0.2, 0) is 5.41 Å². The average Bonchev–Trinajstić information content (AvgIpc) is 3.53. The van der Waals surface area contributed by atoms with Crippen molar-refractivity contribution in [3.63, 3.8) is 0 Å². The lowest BCUT2D eigenvalue weighted by atomic mass is 9.70. The highest BCUT2D eigenvalue weighted by Crippen LogP contribution is 2.48. The molecule has 1 unspecified atom stereocenters. The fourth-order valence-electron chi connectivity index (χ4n) is 4.62. The van der Waals surface area contributed by atoms with Gasteiger partial charge in [0.2, 0.25) is 8.32 Å². The second kappa shape index (κ2) is 9.79. The van der Waals surface area contributed by atoms with Crippen molar-refractivity contribution in [2.45, 2.75) is 111 Å². The molecule has 1 fully saturated rings. The molecule has 1 atom stereocenters. The lowest BCUT2D eigenvalue weighted by Gasteiger charge is -2.38. The summed E-state index contributed by atoms with van der Waals surface area (Å²) >= 11 is 0. The van der Waals surface area contributed by atoms with Gasteiger partial charge in [0.25, 0.3) is 0 Å². The fourth-order valence-corrected chi connectivity index (χ4v) is 5.70. The Labute approximate surface area is 215 Å². The smallest absolute Gasteiger partial charge is 0.250 e. The molecule has 190 valence electrons. The monoisotopic (exact) mass is 490 g/mol. The van der Waals surface area contributed by atoms with Gasteiger partial charge < -0.3 is 9.53 Å². The number of aryl methyl sites for hydroxylation is 2. The zero-order chi connectivity index (χ0) is 26.2. The summed E-state index contributed by atoms with van der Waals surface area (Å²) in [7, 11) is -1.89. The lowest BCUT2D eigenvalue weighted by molar-refractivity contribution is 0.158. The molecule has 0 saturated heterocycles. The molecule has 0 spiro atoms. The SMILES string of the molecule is CCC(CC)(c1ccc(C#CC(O)C2(C)CC2)c(C)c1)c1ccc(O[Si](C)(C)C(C)(C)C)c(C)c1. The van der Waals surface area contributed by atoms with E-state index in [0.717, 1.165) is 37.0 Å². The third-order valence-corrected chi connectivity index (χ3v) is 13.3. The van der Waals surface area contributed by atoms with Crippen LogP contribution in [0.2, 0.25) is 18.1 Å². The lowest BCUT2D eigenvalue weighted by Crippen LogP contribution is -2.44. The molecule has 2 nitrogen and oxygen atoms in total. The first-order chi connectivity index (χ1) is 16.2. The van der Waals surface area contributed by atoms with E-state index >= 15 is 0 Å². The Hall–Kier alpha value is -2.02. The Bertz CT molecular complexity index is 1120. The van der Waals surface area contributed by atoms with Crippen LogP contribution in [0.15, 0.2) is 36.4 Å². The molecule has 0 amide bonds. The van der Waals surface area contributed by atoms with Crippen molar-refractivity contribution in [2.75, 3.05) is 0 Å². The van der Waals surface area contributed by atoms with E-state index in [9.17, 15) is 5.11 Å². The van der Waals surface area contributed by atoms with Gasteiger partial charge in [-0.25, -0.2) is 0 Å². The zero-order valence-electron chi connectivity index (χ0n) is 23.7. The van der Waals surface area contributed by atoms with Gasteiger partial charge in [0.15, 0.2) is 0 Å². The molecule has 1 N–H and O–H groups in total. The largest absolute Gasteiger partial charge is 0.543 e. The van der Waals surface area contributed by atoms with Gasteiger partial charge in [0, 0.05) is 16.4 Å². The maximum Gasteiger partial charge on any atom is 0.250 e. The van der Waals surface area contributed by atoms with E-state index in [0.29, 0.717) is 0 Å². The third-order valence-electron chi connectivity index (χ3n) is 8.93. The Morgan fingerprint density at radius 1 is 0.971 bits per heavy atom. The minimum Gasteiger partial charge on any atom is -0.543 e. The summed E-state index contributed by atoms with van der Waals surface area (Å²) in [5.74, 6) is 7.37. The van der Waals surface area contributed by atoms with Gasteiger partial charge in [-0.05, 0) is 92.0 Å². The summed E-state index contributed by atoms with van der Waals surface area (Å²) in [5.41, 5.74) is 6.00. The summed E-state index contributed by atoms with van der Waals surface area (Å²) < 4.78 is 6.65. The third kappa shape index (κ3) is 5.55. The fraction of sp³-hybridized carbons (Fsp3) is 0.562. The number of aliphatic hydroxyl groups is 1. The topological polar surface area (TPSA) is 29.5 Å². The van der Waals surface area contributed by atoms with Gasteiger partial charge in [0.05, 0.1) is 0 Å². The first-order valence-electron chi connectivity index (χ1n) is 13.3. The predicted octanol–water partition coefficient (Wildman–Crippen LogP) is 8.31. The quantitative estimate of drug-likeness (QED) is 0.312. The van der Waals surface area contributed by atoms with Crippen LogP contribution in [0.1, 0.15) is 95.0 Å². The number of rotatable bonds is 7. The van der Waals surface area contributed by atoms with E-state index in [4.69, 9.17) is 4.43 Å². The van der Waals surface area contributed by atoms with Crippen LogP contribution in [0.4, 0.5) is 0 Å². The molecule has 2 aromatic rings. The number of hydrogen-bond donors (Lipinski definition) is 1. The minimum atomic E-state index is -1.89. The first-order valence-corrected chi connectivity index (χ1v) is 16.2. The molecular weight excluding hydrogens is 444 g/mol. The Balaban J connectivity index is 1.94. The van der Waals surface area contributed by atoms with Crippen molar-refractivity contribution in [3.05, 3.63) is 64.2 Å². The van der Waals surface area contributed by atoms with Crippen molar-refractivity contribution in [1.82, 2.24) is 0 Å². The van der Waals surface area contributed by atoms with Crippen LogP contribution in [-0.4, -0.2) is 19.5 Å². The zero-order valence-corrected chi connectivity index (χ0v) is 24.7. The maximum atomic E-state index is 10.4. The molecular formula is C32H46O2Si. The molecule has 1 saturated carbocycles. The number of hydrogen-bond acceptors (Lipinski definition) is 2. The van der Waals surface area contributed by atoms with Crippen molar-refractivity contribution in [1.29, 1.82) is 0 Å². The molecule has 0 heterocycles. The van der Waals surface area contributed by atoms with Gasteiger partial charge in [-0.15, -0.1) is 0 Å². The van der Waals surface area contributed by atoms with E-state index < -0.39 is 14.4 Å². The molecule has 0 aromatic heterocycles. The molecule has 0 radical (unpaired) electrons. The Kier molecular flexibility index (Phi) is 7.71. The molecule has 0 aliphatic heterocycles. The Morgan fingerprint density at radius 2 is 1.51 bits per heavy atom. The van der Waals surface area contributed by atoms with Crippen LogP contribution < -0.4 is 4.43 Å². The van der Waals surface area contributed by atoms with Crippen molar-refractivity contribution < 1.29 is 9.53 Å². The molecule has 3 heteroatoms. The maximum absolute atomic E-state index is 10.4. The molecule has 1 aliphatic carbocycles. The van der Waals surface area contributed by atoms with Gasteiger partial charge in [-0.1, -0.05) is 77.6 Å². The van der Waals surface area contributed by atoms with Crippen LogP contribution in [0, 0.1) is 31.1 Å². The van der Waals surface area contributed by atoms with E-state index in [1.807, 2.05) is 0 Å². The van der Waals surface area contributed by atoms with Crippen molar-refractivity contribution in [2.24, 2.45) is 5.41 Å². The molecule has 0 bridgehead atoms. The molecule has 1 aliphatic rings. The number of aliphatic hydroxyl groups excluding tert-OH is 1. The van der Waals surface area contributed by atoms with Gasteiger partial charge >= 0.3 is 0 Å². The van der Waals surface area contributed by atoms with E-state index in [1.54, 1.807) is 0 Å². The van der Waals surface area contributed by atoms with Gasteiger partial charge in [0.1, 0.15) is 11.9 Å². The summed E-state index contributed by atoms with van der Waals surface area (Å²) in [6.45, 7) is 22.5. The van der Waals surface area contributed by atoms with Crippen LogP contribution in [0.25, 0.3) is 0 Å². The van der Waals surface area contributed by atoms with Crippen LogP contribution >= 0.6 is 0 Å². The second-order valence-electron chi connectivity index (χ2n) is 12.5. The van der Waals surface area contributed by atoms with E-state index in [-0.39, 0.29) is 15.9 Å². The van der Waals surface area contributed by atoms with E-state index in [1.165, 1.54) is 22.3 Å². The predicted molar refractivity (Wildman–Crippen MR) is 152 cm³/mol. The minimum absolute atomic E-state index is 0.00125. The Morgan fingerprint density at radius 3 is 1.97 bits per heavy atom. The van der Waals surface area contributed by atoms with Crippen LogP contribution in [0.3, 0.4) is 0 Å².